The van der Waals surface area contributed by atoms with Gasteiger partial charge < -0.3 is 11.1 Å². The van der Waals surface area contributed by atoms with Gasteiger partial charge in [-0.25, -0.2) is 0 Å². The lowest BCUT2D eigenvalue weighted by atomic mass is 10.2. The molecule has 1 amide bonds. The maximum atomic E-state index is 11.8. The quantitative estimate of drug-likeness (QED) is 0.849. The van der Waals surface area contributed by atoms with E-state index in [1.807, 2.05) is 5.38 Å². The minimum absolute atomic E-state index is 0.0853. The van der Waals surface area contributed by atoms with Crippen LogP contribution in [0.5, 0.6) is 0 Å². The summed E-state index contributed by atoms with van der Waals surface area (Å²) in [6.45, 7) is 0.626. The Balaban J connectivity index is 1.85. The Hall–Kier alpha value is -1.33. The number of carbonyl (C=O) groups is 1. The van der Waals surface area contributed by atoms with Gasteiger partial charge in [-0.2, -0.15) is 0 Å². The van der Waals surface area contributed by atoms with Crippen molar-refractivity contribution in [3.05, 3.63) is 50.6 Å². The number of nitrogens with two attached hydrogens (primary N) is 1. The van der Waals surface area contributed by atoms with Gasteiger partial charge in [-0.1, -0.05) is 6.07 Å². The lowest BCUT2D eigenvalue weighted by Gasteiger charge is -2.04. The number of benzene rings is 1. The molecule has 3 N–H and O–H groups in total. The van der Waals surface area contributed by atoms with Crippen LogP contribution in [0.1, 0.15) is 15.2 Å². The van der Waals surface area contributed by atoms with Gasteiger partial charge in [0.15, 0.2) is 0 Å². The number of thiophene rings is 1. The largest absolute Gasteiger partial charge is 0.399 e. The number of halogens is 1. The van der Waals surface area contributed by atoms with Crippen molar-refractivity contribution in [1.82, 2.24) is 5.32 Å². The molecule has 5 heteroatoms. The highest BCUT2D eigenvalue weighted by Gasteiger charge is 2.05. The van der Waals surface area contributed by atoms with Crippen LogP contribution in [0, 0.1) is 0 Å². The maximum Gasteiger partial charge on any atom is 0.251 e. The average Bonchev–Trinajstić information content (AvgIpc) is 2.75. The van der Waals surface area contributed by atoms with E-state index in [2.05, 4.69) is 27.3 Å². The molecule has 0 aliphatic heterocycles. The Morgan fingerprint density at radius 2 is 2.22 bits per heavy atom. The number of carbonyl (C=O) groups excluding carboxylic acids is 1. The molecule has 2 rings (SSSR count). The van der Waals surface area contributed by atoms with Gasteiger partial charge in [0.2, 0.25) is 0 Å². The van der Waals surface area contributed by atoms with Crippen LogP contribution in [-0.4, -0.2) is 12.5 Å². The van der Waals surface area contributed by atoms with E-state index in [-0.39, 0.29) is 5.91 Å². The molecule has 3 nitrogen and oxygen atoms in total. The van der Waals surface area contributed by atoms with Crippen LogP contribution in [0.25, 0.3) is 0 Å². The fourth-order valence-corrected chi connectivity index (χ4v) is 3.02. The molecular weight excluding hydrogens is 312 g/mol. The zero-order valence-electron chi connectivity index (χ0n) is 9.65. The van der Waals surface area contributed by atoms with Gasteiger partial charge in [0, 0.05) is 32.5 Å². The van der Waals surface area contributed by atoms with Gasteiger partial charge in [-0.3, -0.25) is 4.79 Å². The highest BCUT2D eigenvalue weighted by molar-refractivity contribution is 9.10. The first kappa shape index (κ1) is 13.1. The molecule has 1 heterocycles. The maximum absolute atomic E-state index is 11.8. The third-order valence-corrected chi connectivity index (χ3v) is 4.18. The second-order valence-corrected chi connectivity index (χ2v) is 5.77. The van der Waals surface area contributed by atoms with Gasteiger partial charge in [-0.15, -0.1) is 11.3 Å². The van der Waals surface area contributed by atoms with Gasteiger partial charge in [0.25, 0.3) is 5.91 Å². The average molecular weight is 325 g/mol. The van der Waals surface area contributed by atoms with E-state index < -0.39 is 0 Å². The Kier molecular flexibility index (Phi) is 4.38. The third kappa shape index (κ3) is 3.58. The number of amides is 1. The van der Waals surface area contributed by atoms with Crippen molar-refractivity contribution in [2.45, 2.75) is 6.42 Å². The van der Waals surface area contributed by atoms with Crippen molar-refractivity contribution >= 4 is 38.9 Å². The SMILES string of the molecule is Nc1cccc(C(=O)NCCc2cc(Br)cs2)c1. The first-order chi connectivity index (χ1) is 8.65. The predicted molar refractivity (Wildman–Crippen MR) is 78.9 cm³/mol. The number of hydrogen-bond acceptors (Lipinski definition) is 3. The zero-order valence-corrected chi connectivity index (χ0v) is 12.1. The van der Waals surface area contributed by atoms with Gasteiger partial charge >= 0.3 is 0 Å². The summed E-state index contributed by atoms with van der Waals surface area (Å²) in [6.07, 6.45) is 0.838. The molecule has 1 aromatic heterocycles. The van der Waals surface area contributed by atoms with Gasteiger partial charge in [-0.05, 0) is 46.6 Å². The van der Waals surface area contributed by atoms with E-state index in [1.54, 1.807) is 35.6 Å². The summed E-state index contributed by atoms with van der Waals surface area (Å²) in [5, 5.41) is 4.92. The first-order valence-corrected chi connectivity index (χ1v) is 7.19. The minimum atomic E-state index is -0.0853. The van der Waals surface area contributed by atoms with E-state index in [0.717, 1.165) is 10.9 Å². The van der Waals surface area contributed by atoms with Crippen LogP contribution >= 0.6 is 27.3 Å². The Labute approximate surface area is 118 Å². The molecule has 0 bridgehead atoms. The summed E-state index contributed by atoms with van der Waals surface area (Å²) in [7, 11) is 0. The summed E-state index contributed by atoms with van der Waals surface area (Å²) >= 11 is 5.09. The molecule has 0 aliphatic rings. The molecule has 18 heavy (non-hydrogen) atoms. The molecule has 0 radical (unpaired) electrons. The fourth-order valence-electron chi connectivity index (χ4n) is 1.57. The first-order valence-electron chi connectivity index (χ1n) is 5.52. The monoisotopic (exact) mass is 324 g/mol. The van der Waals surface area contributed by atoms with Crippen molar-refractivity contribution in [1.29, 1.82) is 0 Å². The van der Waals surface area contributed by atoms with Crippen LogP contribution in [0.4, 0.5) is 5.69 Å². The smallest absolute Gasteiger partial charge is 0.251 e. The zero-order chi connectivity index (χ0) is 13.0. The van der Waals surface area contributed by atoms with Crippen molar-refractivity contribution in [2.24, 2.45) is 0 Å². The molecule has 0 saturated carbocycles. The lowest BCUT2D eigenvalue weighted by Crippen LogP contribution is -2.25. The highest BCUT2D eigenvalue weighted by atomic mass is 79.9. The van der Waals surface area contributed by atoms with Gasteiger partial charge in [0.05, 0.1) is 0 Å². The molecule has 0 atom stereocenters. The molecule has 0 saturated heterocycles. The van der Waals surface area contributed by atoms with E-state index in [0.29, 0.717) is 17.8 Å². The topological polar surface area (TPSA) is 55.1 Å². The Bertz CT molecular complexity index is 553. The van der Waals surface area contributed by atoms with Crippen LogP contribution in [0.15, 0.2) is 40.2 Å². The Morgan fingerprint density at radius 1 is 1.39 bits per heavy atom. The van der Waals surface area contributed by atoms with Crippen LogP contribution in [0.3, 0.4) is 0 Å². The highest BCUT2D eigenvalue weighted by Crippen LogP contribution is 2.19. The molecule has 0 spiro atoms. The normalized spacial score (nSPS) is 10.3. The van der Waals surface area contributed by atoms with E-state index >= 15 is 0 Å². The van der Waals surface area contributed by atoms with E-state index in [1.165, 1.54) is 4.88 Å². The number of nitrogen functional groups attached to an aromatic ring is 1. The summed E-state index contributed by atoms with van der Waals surface area (Å²) < 4.78 is 1.09. The molecule has 0 unspecified atom stereocenters. The molecule has 2 aromatic rings. The molecular formula is C13H13BrN2OS. The van der Waals surface area contributed by atoms with E-state index in [4.69, 9.17) is 5.73 Å². The number of hydrogen-bond donors (Lipinski definition) is 2. The Morgan fingerprint density at radius 3 is 2.89 bits per heavy atom. The molecule has 1 aromatic carbocycles. The van der Waals surface area contributed by atoms with Crippen LogP contribution in [0.2, 0.25) is 0 Å². The fraction of sp³-hybridized carbons (Fsp3) is 0.154. The predicted octanol–water partition coefficient (Wildman–Crippen LogP) is 3.07. The van der Waals surface area contributed by atoms with Crippen molar-refractivity contribution in [3.8, 4) is 0 Å². The summed E-state index contributed by atoms with van der Waals surface area (Å²) in [5.74, 6) is -0.0853. The second-order valence-electron chi connectivity index (χ2n) is 3.86. The van der Waals surface area contributed by atoms with Crippen molar-refractivity contribution < 1.29 is 4.79 Å². The lowest BCUT2D eigenvalue weighted by molar-refractivity contribution is 0.0954. The second kappa shape index (κ2) is 6.02. The van der Waals surface area contributed by atoms with Crippen molar-refractivity contribution in [3.63, 3.8) is 0 Å². The summed E-state index contributed by atoms with van der Waals surface area (Å²) in [6, 6.07) is 9.04. The van der Waals surface area contributed by atoms with Crippen molar-refractivity contribution in [2.75, 3.05) is 12.3 Å². The third-order valence-electron chi connectivity index (χ3n) is 2.43. The summed E-state index contributed by atoms with van der Waals surface area (Å²) in [4.78, 5) is 13.1. The minimum Gasteiger partial charge on any atom is -0.399 e. The molecule has 94 valence electrons. The van der Waals surface area contributed by atoms with Crippen LogP contribution in [-0.2, 0) is 6.42 Å². The standard InChI is InChI=1S/C13H13BrN2OS/c14-10-7-12(18-8-10)4-5-16-13(17)9-2-1-3-11(15)6-9/h1-3,6-8H,4-5,15H2,(H,16,17). The summed E-state index contributed by atoms with van der Waals surface area (Å²) in [5.41, 5.74) is 6.84. The van der Waals surface area contributed by atoms with Crippen LogP contribution < -0.4 is 11.1 Å². The number of nitrogens with one attached hydrogen (secondary N) is 1. The molecule has 0 aliphatic carbocycles. The number of anilines is 1. The van der Waals surface area contributed by atoms with Gasteiger partial charge in [0.1, 0.15) is 0 Å². The van der Waals surface area contributed by atoms with E-state index in [9.17, 15) is 4.79 Å². The number of rotatable bonds is 4. The molecule has 0 fully saturated rings.